The highest BCUT2D eigenvalue weighted by Crippen LogP contribution is 2.71. The van der Waals surface area contributed by atoms with Gasteiger partial charge in [-0.1, -0.05) is 27.2 Å². The summed E-state index contributed by atoms with van der Waals surface area (Å²) in [5, 5.41) is 0. The van der Waals surface area contributed by atoms with Crippen molar-refractivity contribution < 1.29 is 26.3 Å². The minimum atomic E-state index is -5.23. The van der Waals surface area contributed by atoms with Crippen LogP contribution in [-0.4, -0.2) is 12.4 Å². The van der Waals surface area contributed by atoms with Crippen molar-refractivity contribution >= 4 is 0 Å². The van der Waals surface area contributed by atoms with Gasteiger partial charge in [0.2, 0.25) is 0 Å². The van der Waals surface area contributed by atoms with Gasteiger partial charge in [0.05, 0.1) is 0 Å². The number of alkyl halides is 6. The van der Waals surface area contributed by atoms with Crippen molar-refractivity contribution in [2.24, 2.45) is 23.2 Å². The van der Waals surface area contributed by atoms with Gasteiger partial charge in [0.15, 0.2) is 5.41 Å². The largest absolute Gasteiger partial charge is 0.403 e. The van der Waals surface area contributed by atoms with Gasteiger partial charge < -0.3 is 0 Å². The zero-order valence-electron chi connectivity index (χ0n) is 9.91. The summed E-state index contributed by atoms with van der Waals surface area (Å²) >= 11 is 0. The van der Waals surface area contributed by atoms with Gasteiger partial charge in [-0.2, -0.15) is 26.3 Å². The maximum Gasteiger partial charge on any atom is 0.403 e. The van der Waals surface area contributed by atoms with Crippen LogP contribution in [0.4, 0.5) is 26.3 Å². The van der Waals surface area contributed by atoms with Crippen LogP contribution in [0.25, 0.3) is 0 Å². The molecule has 1 fully saturated rings. The summed E-state index contributed by atoms with van der Waals surface area (Å²) in [6.45, 7) is 4.13. The molecule has 0 amide bonds. The molecule has 0 aromatic carbocycles. The Bertz CT molecular complexity index is 263. The standard InChI is InChI=1S/C11H16F6/c1-4-5-8-6(2)7(3)9(8,10(12,13)14)11(15,16)17/h6-8H,4-5H2,1-3H3/t6-,7?,8?/m0/s1. The number of hydrogen-bond acceptors (Lipinski definition) is 0. The Kier molecular flexibility index (Phi) is 3.49. The van der Waals surface area contributed by atoms with Crippen LogP contribution >= 0.6 is 0 Å². The lowest BCUT2D eigenvalue weighted by atomic mass is 9.45. The van der Waals surface area contributed by atoms with Crippen molar-refractivity contribution in [1.29, 1.82) is 0 Å². The summed E-state index contributed by atoms with van der Waals surface area (Å²) < 4.78 is 77.6. The molecule has 2 unspecified atom stereocenters. The highest BCUT2D eigenvalue weighted by Gasteiger charge is 2.82. The Labute approximate surface area is 96.4 Å². The van der Waals surface area contributed by atoms with Crippen molar-refractivity contribution in [3.05, 3.63) is 0 Å². The molecule has 3 atom stereocenters. The lowest BCUT2D eigenvalue weighted by Gasteiger charge is -2.60. The minimum absolute atomic E-state index is 0.0372. The molecule has 0 nitrogen and oxygen atoms in total. The molecule has 0 aliphatic heterocycles. The normalized spacial score (nSPS) is 33.4. The Hall–Kier alpha value is -0.420. The van der Waals surface area contributed by atoms with Gasteiger partial charge in [-0.05, 0) is 24.2 Å². The molecule has 17 heavy (non-hydrogen) atoms. The first-order chi connectivity index (χ1) is 7.51. The van der Waals surface area contributed by atoms with E-state index in [4.69, 9.17) is 0 Å². The van der Waals surface area contributed by atoms with Crippen LogP contribution in [0.3, 0.4) is 0 Å². The molecule has 0 heterocycles. The fraction of sp³-hybridized carbons (Fsp3) is 1.00. The maximum atomic E-state index is 12.9. The molecule has 0 bridgehead atoms. The van der Waals surface area contributed by atoms with E-state index in [1.54, 1.807) is 6.92 Å². The van der Waals surface area contributed by atoms with Crippen LogP contribution in [0.5, 0.6) is 0 Å². The number of halogens is 6. The molecule has 1 saturated carbocycles. The lowest BCUT2D eigenvalue weighted by Crippen LogP contribution is -2.69. The van der Waals surface area contributed by atoms with Gasteiger partial charge in [-0.15, -0.1) is 0 Å². The summed E-state index contributed by atoms with van der Waals surface area (Å²) in [6, 6.07) is 0. The van der Waals surface area contributed by atoms with Crippen LogP contribution < -0.4 is 0 Å². The summed E-state index contributed by atoms with van der Waals surface area (Å²) in [5.74, 6) is -3.29. The first-order valence-electron chi connectivity index (χ1n) is 5.65. The van der Waals surface area contributed by atoms with Crippen molar-refractivity contribution in [2.45, 2.75) is 46.0 Å². The van der Waals surface area contributed by atoms with Crippen molar-refractivity contribution in [3.8, 4) is 0 Å². The van der Waals surface area contributed by atoms with E-state index in [0.717, 1.165) is 6.92 Å². The van der Waals surface area contributed by atoms with Crippen LogP contribution in [0.2, 0.25) is 0 Å². The molecular weight excluding hydrogens is 246 g/mol. The first-order valence-corrected chi connectivity index (χ1v) is 5.65. The van der Waals surface area contributed by atoms with Crippen LogP contribution in [-0.2, 0) is 0 Å². The second kappa shape index (κ2) is 4.05. The van der Waals surface area contributed by atoms with Gasteiger partial charge >= 0.3 is 12.4 Å². The third-order valence-electron chi connectivity index (χ3n) is 4.26. The topological polar surface area (TPSA) is 0 Å². The SMILES string of the molecule is CCCC1[C@@H](C)C(C)C1(C(F)(F)F)C(F)(F)F. The van der Waals surface area contributed by atoms with Gasteiger partial charge in [0, 0.05) is 0 Å². The molecule has 102 valence electrons. The van der Waals surface area contributed by atoms with Gasteiger partial charge in [0.25, 0.3) is 0 Å². The molecule has 0 radical (unpaired) electrons. The average Bonchev–Trinajstić information content (AvgIpc) is 2.12. The second-order valence-electron chi connectivity index (χ2n) is 4.91. The zero-order chi connectivity index (χ0) is 13.6. The monoisotopic (exact) mass is 262 g/mol. The average molecular weight is 262 g/mol. The molecule has 1 aliphatic carbocycles. The predicted molar refractivity (Wildman–Crippen MR) is 51.3 cm³/mol. The third-order valence-corrected chi connectivity index (χ3v) is 4.26. The number of rotatable bonds is 2. The molecule has 1 aliphatic rings. The van der Waals surface area contributed by atoms with Crippen LogP contribution in [0.15, 0.2) is 0 Å². The Morgan fingerprint density at radius 3 is 1.65 bits per heavy atom. The van der Waals surface area contributed by atoms with Crippen molar-refractivity contribution in [1.82, 2.24) is 0 Å². The Balaban J connectivity index is 3.24. The maximum absolute atomic E-state index is 12.9. The molecular formula is C11H16F6. The van der Waals surface area contributed by atoms with E-state index in [0.29, 0.717) is 6.42 Å². The van der Waals surface area contributed by atoms with E-state index >= 15 is 0 Å². The molecule has 0 aromatic rings. The minimum Gasteiger partial charge on any atom is -0.170 e. The number of hydrogen-bond donors (Lipinski definition) is 0. The summed E-state index contributed by atoms with van der Waals surface area (Å²) in [6.07, 6.45) is -10.2. The van der Waals surface area contributed by atoms with E-state index in [1.807, 2.05) is 0 Å². The molecule has 1 rings (SSSR count). The van der Waals surface area contributed by atoms with E-state index < -0.39 is 35.5 Å². The second-order valence-corrected chi connectivity index (χ2v) is 4.91. The highest BCUT2D eigenvalue weighted by atomic mass is 19.4. The molecule has 6 heteroatoms. The summed E-state index contributed by atoms with van der Waals surface area (Å²) in [4.78, 5) is 0. The van der Waals surface area contributed by atoms with Gasteiger partial charge in [0.1, 0.15) is 0 Å². The van der Waals surface area contributed by atoms with Gasteiger partial charge in [-0.25, -0.2) is 0 Å². The molecule has 0 aromatic heterocycles. The lowest BCUT2D eigenvalue weighted by molar-refractivity contribution is -0.421. The zero-order valence-corrected chi connectivity index (χ0v) is 9.91. The molecule has 0 spiro atoms. The predicted octanol–water partition coefficient (Wildman–Crippen LogP) is 4.80. The Morgan fingerprint density at radius 1 is 0.941 bits per heavy atom. The first kappa shape index (κ1) is 14.6. The fourth-order valence-electron chi connectivity index (χ4n) is 3.30. The summed E-state index contributed by atoms with van der Waals surface area (Å²) in [7, 11) is 0. The van der Waals surface area contributed by atoms with E-state index in [9.17, 15) is 26.3 Å². The van der Waals surface area contributed by atoms with Crippen LogP contribution in [0.1, 0.15) is 33.6 Å². The smallest absolute Gasteiger partial charge is 0.170 e. The summed E-state index contributed by atoms with van der Waals surface area (Å²) in [5.41, 5.74) is -3.50. The van der Waals surface area contributed by atoms with E-state index in [2.05, 4.69) is 0 Å². The molecule has 0 N–H and O–H groups in total. The Morgan fingerprint density at radius 2 is 1.35 bits per heavy atom. The fourth-order valence-corrected chi connectivity index (χ4v) is 3.30. The quantitative estimate of drug-likeness (QED) is 0.627. The van der Waals surface area contributed by atoms with Crippen molar-refractivity contribution in [2.75, 3.05) is 0 Å². The third kappa shape index (κ3) is 1.74. The van der Waals surface area contributed by atoms with Crippen LogP contribution in [0, 0.1) is 23.2 Å². The highest BCUT2D eigenvalue weighted by molar-refractivity contribution is 5.12. The van der Waals surface area contributed by atoms with E-state index in [1.165, 1.54) is 6.92 Å². The van der Waals surface area contributed by atoms with E-state index in [-0.39, 0.29) is 6.42 Å². The van der Waals surface area contributed by atoms with Crippen molar-refractivity contribution in [3.63, 3.8) is 0 Å². The molecule has 0 saturated heterocycles. The van der Waals surface area contributed by atoms with Gasteiger partial charge in [-0.3, -0.25) is 0 Å².